The molecule has 2 aromatic carbocycles. The Labute approximate surface area is 166 Å². The van der Waals surface area contributed by atoms with Gasteiger partial charge in [0.25, 0.3) is 0 Å². The SMILES string of the molecule is COc1ccc(CCCN(C)C)cc1N(Cc1cc2ccccc2o1)C(=N)N. The topological polar surface area (TPSA) is 78.7 Å². The Balaban J connectivity index is 1.88. The van der Waals surface area contributed by atoms with Crippen molar-refractivity contribution >= 4 is 22.6 Å². The Hall–Kier alpha value is -2.99. The number of methoxy groups -OCH3 is 1. The highest BCUT2D eigenvalue weighted by molar-refractivity contribution is 5.94. The molecule has 3 aromatic rings. The van der Waals surface area contributed by atoms with Gasteiger partial charge in [-0.05, 0) is 63.3 Å². The maximum atomic E-state index is 8.11. The van der Waals surface area contributed by atoms with Gasteiger partial charge in [-0.15, -0.1) is 0 Å². The van der Waals surface area contributed by atoms with Gasteiger partial charge in [-0.3, -0.25) is 5.41 Å². The van der Waals surface area contributed by atoms with Crippen molar-refractivity contribution in [1.29, 1.82) is 5.41 Å². The van der Waals surface area contributed by atoms with Crippen LogP contribution in [-0.4, -0.2) is 38.6 Å². The summed E-state index contributed by atoms with van der Waals surface area (Å²) in [4.78, 5) is 3.89. The third kappa shape index (κ3) is 4.64. The highest BCUT2D eigenvalue weighted by atomic mass is 16.5. The van der Waals surface area contributed by atoms with Crippen molar-refractivity contribution in [3.05, 3.63) is 59.9 Å². The van der Waals surface area contributed by atoms with Crippen LogP contribution in [0.1, 0.15) is 17.7 Å². The minimum absolute atomic E-state index is 0.0517. The van der Waals surface area contributed by atoms with Crippen LogP contribution in [0.15, 0.2) is 52.9 Å². The Morgan fingerprint density at radius 2 is 1.93 bits per heavy atom. The molecule has 28 heavy (non-hydrogen) atoms. The van der Waals surface area contributed by atoms with E-state index in [1.165, 1.54) is 5.56 Å². The van der Waals surface area contributed by atoms with Crippen molar-refractivity contribution in [3.8, 4) is 5.75 Å². The monoisotopic (exact) mass is 380 g/mol. The van der Waals surface area contributed by atoms with Crippen molar-refractivity contribution in [2.75, 3.05) is 32.6 Å². The molecule has 148 valence electrons. The number of rotatable bonds is 8. The van der Waals surface area contributed by atoms with E-state index in [2.05, 4.69) is 31.1 Å². The van der Waals surface area contributed by atoms with Crippen LogP contribution in [0, 0.1) is 5.41 Å². The van der Waals surface area contributed by atoms with E-state index in [0.29, 0.717) is 12.3 Å². The summed E-state index contributed by atoms with van der Waals surface area (Å²) >= 11 is 0. The maximum Gasteiger partial charge on any atom is 0.193 e. The van der Waals surface area contributed by atoms with Gasteiger partial charge in [0, 0.05) is 5.39 Å². The first-order chi connectivity index (χ1) is 13.5. The fraction of sp³-hybridized carbons (Fsp3) is 0.318. The largest absolute Gasteiger partial charge is 0.495 e. The average Bonchev–Trinajstić information content (AvgIpc) is 3.08. The molecule has 0 radical (unpaired) electrons. The molecule has 0 saturated heterocycles. The van der Waals surface area contributed by atoms with Crippen molar-refractivity contribution in [1.82, 2.24) is 4.90 Å². The van der Waals surface area contributed by atoms with E-state index in [9.17, 15) is 0 Å². The number of para-hydroxylation sites is 1. The van der Waals surface area contributed by atoms with Gasteiger partial charge in [0.15, 0.2) is 5.96 Å². The van der Waals surface area contributed by atoms with E-state index in [-0.39, 0.29) is 5.96 Å². The van der Waals surface area contributed by atoms with Crippen LogP contribution in [0.25, 0.3) is 11.0 Å². The van der Waals surface area contributed by atoms with Gasteiger partial charge >= 0.3 is 0 Å². The minimum Gasteiger partial charge on any atom is -0.495 e. The molecule has 3 N–H and O–H groups in total. The number of hydrogen-bond donors (Lipinski definition) is 2. The number of ether oxygens (including phenoxy) is 1. The lowest BCUT2D eigenvalue weighted by Gasteiger charge is -2.24. The number of nitrogens with zero attached hydrogens (tertiary/aromatic N) is 2. The molecule has 0 fully saturated rings. The van der Waals surface area contributed by atoms with Crippen LogP contribution in [0.3, 0.4) is 0 Å². The third-order valence-corrected chi connectivity index (χ3v) is 4.69. The van der Waals surface area contributed by atoms with Gasteiger partial charge in [0.05, 0.1) is 19.3 Å². The fourth-order valence-corrected chi connectivity index (χ4v) is 3.27. The smallest absolute Gasteiger partial charge is 0.193 e. The van der Waals surface area contributed by atoms with Crippen molar-refractivity contribution in [2.45, 2.75) is 19.4 Å². The third-order valence-electron chi connectivity index (χ3n) is 4.69. The molecule has 6 nitrogen and oxygen atoms in total. The summed E-state index contributed by atoms with van der Waals surface area (Å²) in [6.07, 6.45) is 2.01. The highest BCUT2D eigenvalue weighted by Gasteiger charge is 2.18. The van der Waals surface area contributed by atoms with Crippen LogP contribution in [0.5, 0.6) is 5.75 Å². The maximum absolute atomic E-state index is 8.11. The van der Waals surface area contributed by atoms with E-state index < -0.39 is 0 Å². The van der Waals surface area contributed by atoms with Gasteiger partial charge in [-0.25, -0.2) is 0 Å². The van der Waals surface area contributed by atoms with Gasteiger partial charge in [0.1, 0.15) is 17.1 Å². The van der Waals surface area contributed by atoms with E-state index >= 15 is 0 Å². The number of guanidine groups is 1. The Morgan fingerprint density at radius 3 is 2.61 bits per heavy atom. The first-order valence-electron chi connectivity index (χ1n) is 9.38. The second-order valence-electron chi connectivity index (χ2n) is 7.13. The van der Waals surface area contributed by atoms with E-state index in [1.54, 1.807) is 12.0 Å². The molecule has 1 heterocycles. The lowest BCUT2D eigenvalue weighted by atomic mass is 10.1. The lowest BCUT2D eigenvalue weighted by molar-refractivity contribution is 0.400. The lowest BCUT2D eigenvalue weighted by Crippen LogP contribution is -2.36. The van der Waals surface area contributed by atoms with Crippen LogP contribution >= 0.6 is 0 Å². The fourth-order valence-electron chi connectivity index (χ4n) is 3.27. The second-order valence-corrected chi connectivity index (χ2v) is 7.13. The molecule has 0 bridgehead atoms. The van der Waals surface area contributed by atoms with E-state index in [0.717, 1.165) is 41.8 Å². The van der Waals surface area contributed by atoms with Crippen LogP contribution < -0.4 is 15.4 Å². The summed E-state index contributed by atoms with van der Waals surface area (Å²) in [7, 11) is 5.78. The van der Waals surface area contributed by atoms with Crippen LogP contribution in [0.4, 0.5) is 5.69 Å². The molecule has 0 aliphatic heterocycles. The molecule has 0 atom stereocenters. The molecule has 0 aliphatic rings. The number of nitrogens with two attached hydrogens (primary N) is 1. The minimum atomic E-state index is -0.0517. The molecule has 3 rings (SSSR count). The number of nitrogens with one attached hydrogen (secondary N) is 1. The predicted octanol–water partition coefficient (Wildman–Crippen LogP) is 3.84. The normalized spacial score (nSPS) is 11.1. The number of fused-ring (bicyclic) bond motifs is 1. The van der Waals surface area contributed by atoms with Gasteiger partial charge < -0.3 is 24.7 Å². The number of aryl methyl sites for hydroxylation is 1. The molecule has 0 unspecified atom stereocenters. The van der Waals surface area contributed by atoms with Crippen molar-refractivity contribution in [3.63, 3.8) is 0 Å². The molecule has 1 aromatic heterocycles. The van der Waals surface area contributed by atoms with Crippen molar-refractivity contribution < 1.29 is 9.15 Å². The quantitative estimate of drug-likeness (QED) is 0.459. The van der Waals surface area contributed by atoms with E-state index in [1.807, 2.05) is 36.4 Å². The Bertz CT molecular complexity index is 916. The summed E-state index contributed by atoms with van der Waals surface area (Å²) in [6.45, 7) is 1.39. The number of benzene rings is 2. The Kier molecular flexibility index (Phi) is 6.21. The molecule has 0 spiro atoms. The zero-order valence-corrected chi connectivity index (χ0v) is 16.7. The molecule has 0 saturated carbocycles. The Morgan fingerprint density at radius 1 is 1.14 bits per heavy atom. The second kappa shape index (κ2) is 8.80. The highest BCUT2D eigenvalue weighted by Crippen LogP contribution is 2.32. The molecule has 0 amide bonds. The summed E-state index contributed by atoms with van der Waals surface area (Å²) in [5, 5.41) is 9.14. The van der Waals surface area contributed by atoms with Crippen LogP contribution in [0.2, 0.25) is 0 Å². The molecular weight excluding hydrogens is 352 g/mol. The van der Waals surface area contributed by atoms with Gasteiger partial charge in [-0.1, -0.05) is 24.3 Å². The molecule has 6 heteroatoms. The summed E-state index contributed by atoms with van der Waals surface area (Å²) in [5.41, 5.74) is 8.72. The molecular formula is C22H28N4O2. The first-order valence-corrected chi connectivity index (χ1v) is 9.38. The predicted molar refractivity (Wildman–Crippen MR) is 114 cm³/mol. The summed E-state index contributed by atoms with van der Waals surface area (Å²) < 4.78 is 11.5. The standard InChI is InChI=1S/C22H28N4O2/c1-25(2)12-6-7-16-10-11-21(27-3)19(13-16)26(22(23)24)15-18-14-17-8-4-5-9-20(17)28-18/h4-5,8-11,13-14H,6-7,12,15H2,1-3H3,(H3,23,24). The van der Waals surface area contributed by atoms with Crippen molar-refractivity contribution in [2.24, 2.45) is 5.73 Å². The zero-order chi connectivity index (χ0) is 20.1. The molecule has 0 aliphatic carbocycles. The first kappa shape index (κ1) is 19.8. The average molecular weight is 380 g/mol. The number of furan rings is 1. The van der Waals surface area contributed by atoms with Gasteiger partial charge in [0.2, 0.25) is 0 Å². The van der Waals surface area contributed by atoms with Gasteiger partial charge in [-0.2, -0.15) is 0 Å². The number of hydrogen-bond acceptors (Lipinski definition) is 4. The van der Waals surface area contributed by atoms with E-state index in [4.69, 9.17) is 20.3 Å². The van der Waals surface area contributed by atoms with Crippen LogP contribution in [-0.2, 0) is 13.0 Å². The summed E-state index contributed by atoms with van der Waals surface area (Å²) in [5.74, 6) is 1.38. The zero-order valence-electron chi connectivity index (χ0n) is 16.7. The summed E-state index contributed by atoms with van der Waals surface area (Å²) in [6, 6.07) is 15.9. The number of anilines is 1.